The van der Waals surface area contributed by atoms with Gasteiger partial charge in [-0.3, -0.25) is 4.68 Å². The molecule has 0 fully saturated rings. The van der Waals surface area contributed by atoms with Crippen LogP contribution in [0.15, 0.2) is 6.07 Å². The monoisotopic (exact) mass is 223 g/mol. The normalized spacial score (nSPS) is 14.5. The van der Waals surface area contributed by atoms with Crippen LogP contribution in [0.1, 0.15) is 65.0 Å². The second kappa shape index (κ2) is 4.58. The molecule has 0 spiro atoms. The van der Waals surface area contributed by atoms with Crippen molar-refractivity contribution in [2.45, 2.75) is 59.0 Å². The summed E-state index contributed by atoms with van der Waals surface area (Å²) in [6, 6.07) is 2.94. The Labute approximate surface area is 99.2 Å². The van der Waals surface area contributed by atoms with Gasteiger partial charge in [-0.15, -0.1) is 0 Å². The Hall–Kier alpha value is -0.830. The highest BCUT2D eigenvalue weighted by Crippen LogP contribution is 2.27. The van der Waals surface area contributed by atoms with Crippen molar-refractivity contribution in [1.82, 2.24) is 15.1 Å². The molecule has 0 aliphatic heterocycles. The Bertz CT molecular complexity index is 345. The lowest BCUT2D eigenvalue weighted by Crippen LogP contribution is -2.19. The Morgan fingerprint density at radius 3 is 2.12 bits per heavy atom. The number of rotatable bonds is 3. The Morgan fingerprint density at radius 1 is 1.25 bits per heavy atom. The lowest BCUT2D eigenvalue weighted by atomic mass is 9.91. The summed E-state index contributed by atoms with van der Waals surface area (Å²) in [5.41, 5.74) is 2.57. The lowest BCUT2D eigenvalue weighted by Gasteiger charge is -2.22. The van der Waals surface area contributed by atoms with E-state index in [0.717, 1.165) is 5.69 Å². The van der Waals surface area contributed by atoms with Crippen LogP contribution in [0, 0.1) is 0 Å². The van der Waals surface area contributed by atoms with Crippen molar-refractivity contribution in [3.63, 3.8) is 0 Å². The number of nitrogens with one attached hydrogen (secondary N) is 1. The van der Waals surface area contributed by atoms with E-state index in [1.807, 2.05) is 7.05 Å². The van der Waals surface area contributed by atoms with E-state index in [0.29, 0.717) is 12.1 Å². The van der Waals surface area contributed by atoms with Gasteiger partial charge in [0.25, 0.3) is 0 Å². The van der Waals surface area contributed by atoms with Gasteiger partial charge in [0, 0.05) is 23.2 Å². The molecule has 1 atom stereocenters. The number of aromatic nitrogens is 2. The fraction of sp³-hybridized carbons (Fsp3) is 0.769. The molecule has 0 radical (unpaired) electrons. The maximum atomic E-state index is 4.70. The molecule has 1 heterocycles. The van der Waals surface area contributed by atoms with Gasteiger partial charge in [-0.05, 0) is 33.9 Å². The molecular weight excluding hydrogens is 198 g/mol. The Balaban J connectivity index is 3.21. The molecule has 1 rings (SSSR count). The molecule has 0 saturated carbocycles. The van der Waals surface area contributed by atoms with Crippen LogP contribution in [-0.4, -0.2) is 16.8 Å². The van der Waals surface area contributed by atoms with Crippen molar-refractivity contribution >= 4 is 0 Å². The van der Waals surface area contributed by atoms with Crippen LogP contribution in [0.3, 0.4) is 0 Å². The molecule has 16 heavy (non-hydrogen) atoms. The molecule has 0 aliphatic carbocycles. The van der Waals surface area contributed by atoms with Crippen molar-refractivity contribution in [2.24, 2.45) is 0 Å². The van der Waals surface area contributed by atoms with E-state index in [4.69, 9.17) is 5.10 Å². The summed E-state index contributed by atoms with van der Waals surface area (Å²) in [4.78, 5) is 0. The molecule has 0 amide bonds. The molecule has 3 heteroatoms. The zero-order valence-electron chi connectivity index (χ0n) is 11.6. The van der Waals surface area contributed by atoms with Gasteiger partial charge in [-0.25, -0.2) is 0 Å². The first-order valence-corrected chi connectivity index (χ1v) is 6.04. The molecule has 3 nitrogen and oxygen atoms in total. The molecule has 0 bridgehead atoms. The second-order valence-corrected chi connectivity index (χ2v) is 5.75. The summed E-state index contributed by atoms with van der Waals surface area (Å²) in [6.45, 7) is 13.2. The van der Waals surface area contributed by atoms with Gasteiger partial charge in [0.1, 0.15) is 0 Å². The van der Waals surface area contributed by atoms with Gasteiger partial charge >= 0.3 is 0 Å². The molecule has 92 valence electrons. The first-order valence-electron chi connectivity index (χ1n) is 6.04. The molecule has 1 N–H and O–H groups in total. The van der Waals surface area contributed by atoms with Gasteiger partial charge in [0.15, 0.2) is 0 Å². The van der Waals surface area contributed by atoms with Crippen LogP contribution in [0.4, 0.5) is 0 Å². The van der Waals surface area contributed by atoms with Gasteiger partial charge < -0.3 is 5.32 Å². The van der Waals surface area contributed by atoms with Crippen LogP contribution in [0.25, 0.3) is 0 Å². The van der Waals surface area contributed by atoms with E-state index >= 15 is 0 Å². The minimum atomic E-state index is 0.142. The van der Waals surface area contributed by atoms with E-state index in [1.54, 1.807) is 0 Å². The summed E-state index contributed by atoms with van der Waals surface area (Å²) in [5.74, 6) is 0. The smallest absolute Gasteiger partial charge is 0.0794 e. The third-order valence-electron chi connectivity index (χ3n) is 2.89. The molecular formula is C13H25N3. The first-order chi connectivity index (χ1) is 7.27. The summed E-state index contributed by atoms with van der Waals surface area (Å²) in [5, 5.41) is 7.94. The standard InChI is InChI=1S/C13H25N3/c1-9(2)16-12(13(4,5)6)8-11(15-16)10(3)14-7/h8-10,14H,1-7H3. The van der Waals surface area contributed by atoms with Crippen LogP contribution < -0.4 is 5.32 Å². The highest BCUT2D eigenvalue weighted by atomic mass is 15.3. The SMILES string of the molecule is CNC(C)c1cc(C(C)(C)C)n(C(C)C)n1. The van der Waals surface area contributed by atoms with E-state index < -0.39 is 0 Å². The number of nitrogens with zero attached hydrogens (tertiary/aromatic N) is 2. The minimum absolute atomic E-state index is 0.142. The largest absolute Gasteiger partial charge is 0.312 e. The summed E-state index contributed by atoms with van der Waals surface area (Å²) >= 11 is 0. The maximum Gasteiger partial charge on any atom is 0.0794 e. The Kier molecular flexibility index (Phi) is 3.79. The topological polar surface area (TPSA) is 29.9 Å². The summed E-state index contributed by atoms with van der Waals surface area (Å²) < 4.78 is 2.14. The van der Waals surface area contributed by atoms with Crippen LogP contribution in [0.2, 0.25) is 0 Å². The lowest BCUT2D eigenvalue weighted by molar-refractivity contribution is 0.441. The zero-order chi connectivity index (χ0) is 12.5. The molecule has 0 aromatic carbocycles. The van der Waals surface area contributed by atoms with E-state index in [9.17, 15) is 0 Å². The number of hydrogen-bond acceptors (Lipinski definition) is 2. The van der Waals surface area contributed by atoms with E-state index in [-0.39, 0.29) is 5.41 Å². The average molecular weight is 223 g/mol. The molecule has 0 aliphatic rings. The fourth-order valence-corrected chi connectivity index (χ4v) is 1.73. The van der Waals surface area contributed by atoms with Crippen molar-refractivity contribution < 1.29 is 0 Å². The molecule has 1 aromatic heterocycles. The summed E-state index contributed by atoms with van der Waals surface area (Å²) in [7, 11) is 1.97. The summed E-state index contributed by atoms with van der Waals surface area (Å²) in [6.07, 6.45) is 0. The van der Waals surface area contributed by atoms with Gasteiger partial charge in [0.2, 0.25) is 0 Å². The first kappa shape index (κ1) is 13.2. The quantitative estimate of drug-likeness (QED) is 0.853. The predicted molar refractivity (Wildman–Crippen MR) is 68.8 cm³/mol. The maximum absolute atomic E-state index is 4.70. The highest BCUT2D eigenvalue weighted by molar-refractivity contribution is 5.20. The van der Waals surface area contributed by atoms with Crippen molar-refractivity contribution in [3.05, 3.63) is 17.5 Å². The van der Waals surface area contributed by atoms with E-state index in [2.05, 4.69) is 57.6 Å². The third kappa shape index (κ3) is 2.64. The van der Waals surface area contributed by atoms with Gasteiger partial charge in [0.05, 0.1) is 5.69 Å². The van der Waals surface area contributed by atoms with Gasteiger partial charge in [-0.2, -0.15) is 5.10 Å². The molecule has 0 saturated heterocycles. The molecule has 1 aromatic rings. The highest BCUT2D eigenvalue weighted by Gasteiger charge is 2.23. The fourth-order valence-electron chi connectivity index (χ4n) is 1.73. The average Bonchev–Trinajstić information content (AvgIpc) is 2.60. The predicted octanol–water partition coefficient (Wildman–Crippen LogP) is 3.04. The third-order valence-corrected chi connectivity index (χ3v) is 2.89. The number of hydrogen-bond donors (Lipinski definition) is 1. The van der Waals surface area contributed by atoms with Crippen molar-refractivity contribution in [3.8, 4) is 0 Å². The zero-order valence-corrected chi connectivity index (χ0v) is 11.6. The second-order valence-electron chi connectivity index (χ2n) is 5.75. The minimum Gasteiger partial charge on any atom is -0.312 e. The van der Waals surface area contributed by atoms with Gasteiger partial charge in [-0.1, -0.05) is 20.8 Å². The van der Waals surface area contributed by atoms with Crippen LogP contribution in [-0.2, 0) is 5.41 Å². The molecule has 1 unspecified atom stereocenters. The van der Waals surface area contributed by atoms with Crippen LogP contribution >= 0.6 is 0 Å². The Morgan fingerprint density at radius 2 is 1.81 bits per heavy atom. The van der Waals surface area contributed by atoms with Crippen molar-refractivity contribution in [2.75, 3.05) is 7.05 Å². The van der Waals surface area contributed by atoms with Crippen molar-refractivity contribution in [1.29, 1.82) is 0 Å². The van der Waals surface area contributed by atoms with Crippen LogP contribution in [0.5, 0.6) is 0 Å². The van der Waals surface area contributed by atoms with E-state index in [1.165, 1.54) is 5.69 Å².